The van der Waals surface area contributed by atoms with Gasteiger partial charge in [-0.25, -0.2) is 0 Å². The molecule has 4 heteroatoms. The lowest BCUT2D eigenvalue weighted by molar-refractivity contribution is 0.487. The van der Waals surface area contributed by atoms with E-state index >= 15 is 0 Å². The summed E-state index contributed by atoms with van der Waals surface area (Å²) < 4.78 is 5.38. The van der Waals surface area contributed by atoms with Gasteiger partial charge >= 0.3 is 0 Å². The first-order valence-corrected chi connectivity index (χ1v) is 8.51. The summed E-state index contributed by atoms with van der Waals surface area (Å²) in [5.41, 5.74) is 1.36. The van der Waals surface area contributed by atoms with Crippen LogP contribution in [-0.4, -0.2) is 37.0 Å². The molecule has 0 aliphatic carbocycles. The first-order valence-electron chi connectivity index (χ1n) is 8.51. The number of hydrogen-bond acceptors (Lipinski definition) is 2. The first kappa shape index (κ1) is 15.7. The van der Waals surface area contributed by atoms with Crippen molar-refractivity contribution in [2.24, 2.45) is 4.99 Å². The normalized spacial score (nSPS) is 15.1. The number of aliphatic imine (C=N–C) groups is 1. The van der Waals surface area contributed by atoms with Crippen LogP contribution in [0.2, 0.25) is 0 Å². The molecule has 1 aliphatic rings. The van der Waals surface area contributed by atoms with Crippen molar-refractivity contribution in [3.8, 4) is 0 Å². The van der Waals surface area contributed by atoms with Crippen molar-refractivity contribution in [3.63, 3.8) is 0 Å². The lowest BCUT2D eigenvalue weighted by Gasteiger charge is -2.21. The molecule has 3 rings (SSSR count). The Balaban J connectivity index is 1.52. The molecule has 0 radical (unpaired) electrons. The second kappa shape index (κ2) is 8.42. The van der Waals surface area contributed by atoms with Crippen LogP contribution in [-0.2, 0) is 12.8 Å². The van der Waals surface area contributed by atoms with E-state index in [0.717, 1.165) is 50.7 Å². The molecule has 1 saturated heterocycles. The van der Waals surface area contributed by atoms with Gasteiger partial charge in [0.15, 0.2) is 5.96 Å². The molecule has 122 valence electrons. The number of nitrogens with zero attached hydrogens (tertiary/aromatic N) is 2. The van der Waals surface area contributed by atoms with Gasteiger partial charge in [-0.1, -0.05) is 30.3 Å². The maximum absolute atomic E-state index is 5.38. The number of nitrogens with one attached hydrogen (secondary N) is 1. The highest BCUT2D eigenvalue weighted by molar-refractivity contribution is 5.80. The fourth-order valence-corrected chi connectivity index (χ4v) is 2.89. The van der Waals surface area contributed by atoms with E-state index in [1.54, 1.807) is 6.26 Å². The van der Waals surface area contributed by atoms with Gasteiger partial charge in [-0.15, -0.1) is 0 Å². The van der Waals surface area contributed by atoms with Gasteiger partial charge in [-0.05, 0) is 37.0 Å². The number of rotatable bonds is 6. The van der Waals surface area contributed by atoms with E-state index in [9.17, 15) is 0 Å². The van der Waals surface area contributed by atoms with Crippen molar-refractivity contribution >= 4 is 5.96 Å². The summed E-state index contributed by atoms with van der Waals surface area (Å²) in [6, 6.07) is 14.5. The number of hydrogen-bond donors (Lipinski definition) is 1. The molecule has 0 unspecified atom stereocenters. The molecule has 2 aromatic rings. The molecule has 1 aromatic carbocycles. The Hall–Kier alpha value is -2.23. The summed E-state index contributed by atoms with van der Waals surface area (Å²) in [6.45, 7) is 3.90. The summed E-state index contributed by atoms with van der Waals surface area (Å²) >= 11 is 0. The summed E-state index contributed by atoms with van der Waals surface area (Å²) in [5.74, 6) is 2.05. The average Bonchev–Trinajstić information content (AvgIpc) is 3.28. The van der Waals surface area contributed by atoms with Gasteiger partial charge in [0.05, 0.1) is 6.26 Å². The highest BCUT2D eigenvalue weighted by atomic mass is 16.3. The van der Waals surface area contributed by atoms with Gasteiger partial charge in [0, 0.05) is 32.6 Å². The van der Waals surface area contributed by atoms with Crippen LogP contribution in [0.25, 0.3) is 0 Å². The predicted molar refractivity (Wildman–Crippen MR) is 93.7 cm³/mol. The minimum Gasteiger partial charge on any atom is -0.469 e. The second-order valence-corrected chi connectivity index (χ2v) is 5.89. The first-order chi connectivity index (χ1) is 11.4. The van der Waals surface area contributed by atoms with Gasteiger partial charge in [0.2, 0.25) is 0 Å². The average molecular weight is 311 g/mol. The van der Waals surface area contributed by atoms with E-state index in [4.69, 9.17) is 9.41 Å². The highest BCUT2D eigenvalue weighted by Gasteiger charge is 2.15. The lowest BCUT2D eigenvalue weighted by Crippen LogP contribution is -2.40. The Kier molecular flexibility index (Phi) is 5.73. The van der Waals surface area contributed by atoms with Crippen LogP contribution in [0.5, 0.6) is 0 Å². The van der Waals surface area contributed by atoms with Crippen molar-refractivity contribution in [1.29, 1.82) is 0 Å². The number of likely N-dealkylation sites (tertiary alicyclic amines) is 1. The molecule has 0 spiro atoms. The van der Waals surface area contributed by atoms with E-state index in [2.05, 4.69) is 40.5 Å². The molecule has 23 heavy (non-hydrogen) atoms. The minimum absolute atomic E-state index is 0.762. The van der Waals surface area contributed by atoms with Crippen LogP contribution in [0.4, 0.5) is 0 Å². The van der Waals surface area contributed by atoms with E-state index < -0.39 is 0 Å². The quantitative estimate of drug-likeness (QED) is 0.658. The van der Waals surface area contributed by atoms with E-state index in [0.29, 0.717) is 0 Å². The summed E-state index contributed by atoms with van der Waals surface area (Å²) in [7, 11) is 0. The van der Waals surface area contributed by atoms with Crippen molar-refractivity contribution in [3.05, 3.63) is 60.1 Å². The fourth-order valence-electron chi connectivity index (χ4n) is 2.89. The molecule has 0 amide bonds. The summed E-state index contributed by atoms with van der Waals surface area (Å²) in [5, 5.41) is 3.54. The standard InChI is InChI=1S/C19H25N3O/c1-2-7-17(8-3-1)10-12-20-19(22-14-4-5-15-22)21-13-11-18-9-6-16-23-18/h1-3,6-9,16H,4-5,10-15H2,(H,20,21). The largest absolute Gasteiger partial charge is 0.469 e. The Morgan fingerprint density at radius 2 is 1.87 bits per heavy atom. The summed E-state index contributed by atoms with van der Waals surface area (Å²) in [4.78, 5) is 7.15. The molecule has 2 heterocycles. The molecular formula is C19H25N3O. The van der Waals surface area contributed by atoms with Gasteiger partial charge in [-0.3, -0.25) is 4.99 Å². The molecule has 0 bridgehead atoms. The smallest absolute Gasteiger partial charge is 0.193 e. The van der Waals surface area contributed by atoms with Gasteiger partial charge in [0.25, 0.3) is 0 Å². The van der Waals surface area contributed by atoms with Gasteiger partial charge < -0.3 is 14.6 Å². The Morgan fingerprint density at radius 3 is 2.61 bits per heavy atom. The topological polar surface area (TPSA) is 40.8 Å². The molecule has 1 N–H and O–H groups in total. The minimum atomic E-state index is 0.762. The second-order valence-electron chi connectivity index (χ2n) is 5.89. The maximum atomic E-state index is 5.38. The van der Waals surface area contributed by atoms with Crippen LogP contribution in [0.3, 0.4) is 0 Å². The Morgan fingerprint density at radius 1 is 1.04 bits per heavy atom. The van der Waals surface area contributed by atoms with Crippen LogP contribution >= 0.6 is 0 Å². The zero-order valence-corrected chi connectivity index (χ0v) is 13.6. The molecule has 0 atom stereocenters. The van der Waals surface area contributed by atoms with E-state index in [-0.39, 0.29) is 0 Å². The lowest BCUT2D eigenvalue weighted by atomic mass is 10.1. The van der Waals surface area contributed by atoms with E-state index in [1.165, 1.54) is 18.4 Å². The van der Waals surface area contributed by atoms with Crippen molar-refractivity contribution in [2.45, 2.75) is 25.7 Å². The number of furan rings is 1. The molecule has 1 aliphatic heterocycles. The van der Waals surface area contributed by atoms with Crippen LogP contribution in [0.15, 0.2) is 58.1 Å². The Bertz CT molecular complexity index is 586. The molecule has 4 nitrogen and oxygen atoms in total. The third kappa shape index (κ3) is 4.88. The third-order valence-electron chi connectivity index (χ3n) is 4.15. The fraction of sp³-hybridized carbons (Fsp3) is 0.421. The van der Waals surface area contributed by atoms with Gasteiger partial charge in [-0.2, -0.15) is 0 Å². The zero-order valence-electron chi connectivity index (χ0n) is 13.6. The molecule has 1 fully saturated rings. The third-order valence-corrected chi connectivity index (χ3v) is 4.15. The monoisotopic (exact) mass is 311 g/mol. The van der Waals surface area contributed by atoms with Crippen molar-refractivity contribution < 1.29 is 4.42 Å². The number of benzene rings is 1. The van der Waals surface area contributed by atoms with Crippen LogP contribution in [0.1, 0.15) is 24.2 Å². The van der Waals surface area contributed by atoms with Gasteiger partial charge in [0.1, 0.15) is 5.76 Å². The van der Waals surface area contributed by atoms with E-state index in [1.807, 2.05) is 12.1 Å². The van der Waals surface area contributed by atoms with Crippen molar-refractivity contribution in [2.75, 3.05) is 26.2 Å². The summed E-state index contributed by atoms with van der Waals surface area (Å²) in [6.07, 6.45) is 6.12. The molecule has 0 saturated carbocycles. The maximum Gasteiger partial charge on any atom is 0.193 e. The molecule has 1 aromatic heterocycles. The SMILES string of the molecule is c1ccc(CCNC(=NCCc2ccco2)N2CCCC2)cc1. The Labute approximate surface area is 138 Å². The molecular weight excluding hydrogens is 286 g/mol. The van der Waals surface area contributed by atoms with Crippen molar-refractivity contribution in [1.82, 2.24) is 10.2 Å². The predicted octanol–water partition coefficient (Wildman–Crippen LogP) is 3.11. The number of guanidine groups is 1. The van der Waals surface area contributed by atoms with Crippen LogP contribution in [0, 0.1) is 0 Å². The highest BCUT2D eigenvalue weighted by Crippen LogP contribution is 2.08. The zero-order chi connectivity index (χ0) is 15.7. The van der Waals surface area contributed by atoms with Crippen LogP contribution < -0.4 is 5.32 Å².